The van der Waals surface area contributed by atoms with Crippen LogP contribution in [0, 0.1) is 0 Å². The van der Waals surface area contributed by atoms with Gasteiger partial charge in [-0.2, -0.15) is 0 Å². The molecule has 18 heavy (non-hydrogen) atoms. The van der Waals surface area contributed by atoms with Crippen LogP contribution in [-0.2, 0) is 19.4 Å². The number of aromatic nitrogens is 1. The molecule has 0 aliphatic heterocycles. The van der Waals surface area contributed by atoms with Crippen LogP contribution in [0.4, 0.5) is 0 Å². The van der Waals surface area contributed by atoms with Gasteiger partial charge >= 0.3 is 0 Å². The van der Waals surface area contributed by atoms with Crippen molar-refractivity contribution in [1.82, 2.24) is 4.57 Å². The molecule has 1 nitrogen and oxygen atoms in total. The lowest BCUT2D eigenvalue weighted by Crippen LogP contribution is -2.03. The number of rotatable bonds is 6. The smallest absolute Gasteiger partial charge is 0.0485 e. The second kappa shape index (κ2) is 5.90. The van der Waals surface area contributed by atoms with E-state index in [1.54, 1.807) is 0 Å². The van der Waals surface area contributed by atoms with Gasteiger partial charge in [-0.25, -0.2) is 0 Å². The second-order valence-electron chi connectivity index (χ2n) is 4.73. The van der Waals surface area contributed by atoms with Gasteiger partial charge in [0.25, 0.3) is 0 Å². The van der Waals surface area contributed by atoms with E-state index in [4.69, 9.17) is 0 Å². The second-order valence-corrected chi connectivity index (χ2v) is 4.73. The molecule has 96 valence electrons. The topological polar surface area (TPSA) is 4.93 Å². The Morgan fingerprint density at radius 3 is 2.61 bits per heavy atom. The molecule has 0 N–H and O–H groups in total. The zero-order valence-electron chi connectivity index (χ0n) is 11.6. The number of allylic oxidation sites excluding steroid dienone is 1. The summed E-state index contributed by atoms with van der Waals surface area (Å²) in [6.07, 6.45) is 6.53. The van der Waals surface area contributed by atoms with Gasteiger partial charge in [-0.05, 0) is 37.3 Å². The van der Waals surface area contributed by atoms with E-state index in [2.05, 4.69) is 49.3 Å². The Morgan fingerprint density at radius 2 is 1.94 bits per heavy atom. The van der Waals surface area contributed by atoms with Crippen LogP contribution in [0.15, 0.2) is 36.9 Å². The van der Waals surface area contributed by atoms with Crippen LogP contribution in [0.5, 0.6) is 0 Å². The summed E-state index contributed by atoms with van der Waals surface area (Å²) in [5.41, 5.74) is 4.45. The first-order chi connectivity index (χ1) is 8.83. The summed E-state index contributed by atoms with van der Waals surface area (Å²) < 4.78 is 2.51. The predicted octanol–water partition coefficient (Wildman–Crippen LogP) is 4.73. The quantitative estimate of drug-likeness (QED) is 0.509. The number of hydrogen-bond acceptors (Lipinski definition) is 0. The molecule has 2 aromatic rings. The Morgan fingerprint density at radius 1 is 1.17 bits per heavy atom. The number of hydrogen-bond donors (Lipinski definition) is 0. The normalized spacial score (nSPS) is 11.0. The first-order valence-electron chi connectivity index (χ1n) is 7.03. The highest BCUT2D eigenvalue weighted by Crippen LogP contribution is 2.27. The van der Waals surface area contributed by atoms with E-state index in [0.717, 1.165) is 25.8 Å². The summed E-state index contributed by atoms with van der Waals surface area (Å²) in [6.45, 7) is 9.44. The largest absolute Gasteiger partial charge is 0.344 e. The average molecular weight is 241 g/mol. The third-order valence-electron chi connectivity index (χ3n) is 3.67. The van der Waals surface area contributed by atoms with Crippen LogP contribution in [0.1, 0.15) is 37.9 Å². The number of unbranched alkanes of at least 4 members (excludes halogenated alkanes) is 1. The highest BCUT2D eigenvalue weighted by Gasteiger charge is 2.13. The van der Waals surface area contributed by atoms with Gasteiger partial charge in [0.15, 0.2) is 0 Å². The molecule has 1 aromatic carbocycles. The number of aryl methyl sites for hydroxylation is 2. The van der Waals surface area contributed by atoms with E-state index in [0.29, 0.717) is 0 Å². The number of nitrogens with zero attached hydrogens (tertiary/aromatic N) is 1. The average Bonchev–Trinajstić information content (AvgIpc) is 2.72. The Hall–Kier alpha value is -1.50. The minimum absolute atomic E-state index is 1.09. The lowest BCUT2D eigenvalue weighted by atomic mass is 10.1. The Bertz CT molecular complexity index is 534. The fraction of sp³-hybridized carbons (Fsp3) is 0.412. The molecule has 0 fully saturated rings. The standard InChI is InChI=1S/C17H23N/c1-4-7-10-13-18-16(6-3)14(5-2)15-11-8-9-12-17(15)18/h4,8-9,11-12H,1,5-7,10,13H2,2-3H3. The van der Waals surface area contributed by atoms with E-state index < -0.39 is 0 Å². The number of benzene rings is 1. The van der Waals surface area contributed by atoms with Crippen LogP contribution < -0.4 is 0 Å². The van der Waals surface area contributed by atoms with Crippen molar-refractivity contribution in [3.05, 3.63) is 48.2 Å². The van der Waals surface area contributed by atoms with Crippen LogP contribution in [0.2, 0.25) is 0 Å². The molecule has 0 saturated carbocycles. The van der Waals surface area contributed by atoms with Gasteiger partial charge in [0.2, 0.25) is 0 Å². The van der Waals surface area contributed by atoms with Crippen molar-refractivity contribution < 1.29 is 0 Å². The summed E-state index contributed by atoms with van der Waals surface area (Å²) in [4.78, 5) is 0. The van der Waals surface area contributed by atoms with Gasteiger partial charge in [-0.15, -0.1) is 6.58 Å². The van der Waals surface area contributed by atoms with Crippen LogP contribution in [-0.4, -0.2) is 4.57 Å². The third-order valence-corrected chi connectivity index (χ3v) is 3.67. The van der Waals surface area contributed by atoms with Gasteiger partial charge in [-0.1, -0.05) is 38.1 Å². The number of fused-ring (bicyclic) bond motifs is 1. The van der Waals surface area contributed by atoms with Crippen LogP contribution in [0.25, 0.3) is 10.9 Å². The Kier molecular flexibility index (Phi) is 4.24. The maximum atomic E-state index is 3.81. The van der Waals surface area contributed by atoms with E-state index in [-0.39, 0.29) is 0 Å². The van der Waals surface area contributed by atoms with Crippen LogP contribution >= 0.6 is 0 Å². The van der Waals surface area contributed by atoms with Gasteiger partial charge in [-0.3, -0.25) is 0 Å². The zero-order chi connectivity index (χ0) is 13.0. The van der Waals surface area contributed by atoms with Gasteiger partial charge in [0, 0.05) is 23.1 Å². The third kappa shape index (κ3) is 2.22. The Labute approximate surface area is 110 Å². The Balaban J connectivity index is 2.50. The molecule has 0 saturated heterocycles. The van der Waals surface area contributed by atoms with Gasteiger partial charge < -0.3 is 4.57 Å². The summed E-state index contributed by atoms with van der Waals surface area (Å²) in [7, 11) is 0. The van der Waals surface area contributed by atoms with Crippen molar-refractivity contribution in [3.8, 4) is 0 Å². The van der Waals surface area contributed by atoms with Crippen molar-refractivity contribution in [3.63, 3.8) is 0 Å². The summed E-state index contributed by atoms with van der Waals surface area (Å²) in [5.74, 6) is 0. The van der Waals surface area contributed by atoms with Crippen molar-refractivity contribution in [2.24, 2.45) is 0 Å². The molecule has 1 heterocycles. The molecule has 0 bridgehead atoms. The molecular weight excluding hydrogens is 218 g/mol. The maximum absolute atomic E-state index is 3.81. The zero-order valence-corrected chi connectivity index (χ0v) is 11.6. The predicted molar refractivity (Wildman–Crippen MR) is 80.1 cm³/mol. The summed E-state index contributed by atoms with van der Waals surface area (Å²) in [6, 6.07) is 8.80. The molecule has 0 spiro atoms. The van der Waals surface area contributed by atoms with Gasteiger partial charge in [0.1, 0.15) is 0 Å². The molecule has 2 rings (SSSR count). The van der Waals surface area contributed by atoms with E-state index in [9.17, 15) is 0 Å². The number of para-hydroxylation sites is 1. The molecule has 0 unspecified atom stereocenters. The highest BCUT2D eigenvalue weighted by atomic mass is 15.0. The monoisotopic (exact) mass is 241 g/mol. The molecular formula is C17H23N. The van der Waals surface area contributed by atoms with Crippen molar-refractivity contribution in [2.75, 3.05) is 0 Å². The fourth-order valence-electron chi connectivity index (χ4n) is 2.88. The molecule has 0 atom stereocenters. The highest BCUT2D eigenvalue weighted by molar-refractivity contribution is 5.85. The lowest BCUT2D eigenvalue weighted by Gasteiger charge is -2.09. The van der Waals surface area contributed by atoms with E-state index >= 15 is 0 Å². The summed E-state index contributed by atoms with van der Waals surface area (Å²) >= 11 is 0. The lowest BCUT2D eigenvalue weighted by molar-refractivity contribution is 0.642. The minimum atomic E-state index is 1.09. The van der Waals surface area contributed by atoms with E-state index in [1.807, 2.05) is 6.08 Å². The van der Waals surface area contributed by atoms with Crippen molar-refractivity contribution in [1.29, 1.82) is 0 Å². The van der Waals surface area contributed by atoms with Crippen LogP contribution in [0.3, 0.4) is 0 Å². The maximum Gasteiger partial charge on any atom is 0.0485 e. The van der Waals surface area contributed by atoms with E-state index in [1.165, 1.54) is 28.6 Å². The fourth-order valence-corrected chi connectivity index (χ4v) is 2.88. The molecule has 0 aliphatic carbocycles. The molecule has 0 amide bonds. The molecule has 1 heteroatoms. The SMILES string of the molecule is C=CCCCn1c(CC)c(CC)c2ccccc21. The first-order valence-corrected chi connectivity index (χ1v) is 7.03. The molecule has 0 radical (unpaired) electrons. The van der Waals surface area contributed by atoms with Crippen molar-refractivity contribution >= 4 is 10.9 Å². The molecule has 0 aliphatic rings. The minimum Gasteiger partial charge on any atom is -0.344 e. The molecule has 1 aromatic heterocycles. The van der Waals surface area contributed by atoms with Gasteiger partial charge in [0.05, 0.1) is 0 Å². The summed E-state index contributed by atoms with van der Waals surface area (Å²) in [5, 5.41) is 1.44. The first kappa shape index (κ1) is 12.9. The van der Waals surface area contributed by atoms with Crippen molar-refractivity contribution in [2.45, 2.75) is 46.1 Å².